The molecule has 0 saturated heterocycles. The Morgan fingerprint density at radius 3 is 2.71 bits per heavy atom. The Morgan fingerprint density at radius 1 is 1.24 bits per heavy atom. The predicted octanol–water partition coefficient (Wildman–Crippen LogP) is 2.62. The van der Waals surface area contributed by atoms with Gasteiger partial charge in [0.15, 0.2) is 0 Å². The SMILES string of the molecule is CC(NC(=O)C1COc2ccccc21)c1ccc(N)cc1. The van der Waals surface area contributed by atoms with Crippen molar-refractivity contribution in [2.75, 3.05) is 12.3 Å². The lowest BCUT2D eigenvalue weighted by atomic mass is 9.99. The normalized spacial score (nSPS) is 17.7. The number of hydrogen-bond acceptors (Lipinski definition) is 3. The van der Waals surface area contributed by atoms with Gasteiger partial charge in [0.25, 0.3) is 0 Å². The van der Waals surface area contributed by atoms with Gasteiger partial charge in [0.2, 0.25) is 5.91 Å². The van der Waals surface area contributed by atoms with Gasteiger partial charge in [0.1, 0.15) is 18.3 Å². The maximum absolute atomic E-state index is 12.4. The van der Waals surface area contributed by atoms with E-state index in [1.807, 2.05) is 55.5 Å². The number of nitrogens with one attached hydrogen (secondary N) is 1. The topological polar surface area (TPSA) is 64.3 Å². The molecule has 2 unspecified atom stereocenters. The molecule has 0 bridgehead atoms. The summed E-state index contributed by atoms with van der Waals surface area (Å²) in [6, 6.07) is 15.2. The fraction of sp³-hybridized carbons (Fsp3) is 0.235. The molecule has 21 heavy (non-hydrogen) atoms. The molecule has 0 aromatic heterocycles. The Labute approximate surface area is 123 Å². The lowest BCUT2D eigenvalue weighted by Gasteiger charge is -2.17. The highest BCUT2D eigenvalue weighted by atomic mass is 16.5. The molecule has 3 rings (SSSR count). The number of benzene rings is 2. The molecule has 3 N–H and O–H groups in total. The number of fused-ring (bicyclic) bond motifs is 1. The quantitative estimate of drug-likeness (QED) is 0.851. The van der Waals surface area contributed by atoms with E-state index in [2.05, 4.69) is 5.32 Å². The number of nitrogens with two attached hydrogens (primary N) is 1. The van der Waals surface area contributed by atoms with Crippen molar-refractivity contribution in [3.8, 4) is 5.75 Å². The number of amides is 1. The number of nitrogen functional groups attached to an aromatic ring is 1. The van der Waals surface area contributed by atoms with E-state index in [1.165, 1.54) is 0 Å². The van der Waals surface area contributed by atoms with Crippen molar-refractivity contribution in [2.24, 2.45) is 0 Å². The summed E-state index contributed by atoms with van der Waals surface area (Å²) in [6.07, 6.45) is 0. The van der Waals surface area contributed by atoms with Crippen LogP contribution < -0.4 is 15.8 Å². The second-order valence-electron chi connectivity index (χ2n) is 5.30. The van der Waals surface area contributed by atoms with E-state index < -0.39 is 0 Å². The maximum atomic E-state index is 12.4. The largest absolute Gasteiger partial charge is 0.492 e. The van der Waals surface area contributed by atoms with Gasteiger partial charge in [-0.05, 0) is 30.7 Å². The maximum Gasteiger partial charge on any atom is 0.231 e. The predicted molar refractivity (Wildman–Crippen MR) is 82.1 cm³/mol. The Balaban J connectivity index is 1.71. The average Bonchev–Trinajstić information content (AvgIpc) is 2.92. The van der Waals surface area contributed by atoms with Crippen molar-refractivity contribution in [2.45, 2.75) is 18.9 Å². The summed E-state index contributed by atoms with van der Waals surface area (Å²) >= 11 is 0. The monoisotopic (exact) mass is 282 g/mol. The number of rotatable bonds is 3. The molecule has 2 atom stereocenters. The molecule has 0 spiro atoms. The van der Waals surface area contributed by atoms with Gasteiger partial charge in [0.05, 0.1) is 6.04 Å². The fourth-order valence-electron chi connectivity index (χ4n) is 2.56. The van der Waals surface area contributed by atoms with E-state index in [9.17, 15) is 4.79 Å². The molecule has 1 heterocycles. The molecule has 4 nitrogen and oxygen atoms in total. The summed E-state index contributed by atoms with van der Waals surface area (Å²) in [5.74, 6) is 0.555. The number of carbonyl (C=O) groups is 1. The summed E-state index contributed by atoms with van der Waals surface area (Å²) in [7, 11) is 0. The zero-order valence-corrected chi connectivity index (χ0v) is 11.9. The van der Waals surface area contributed by atoms with E-state index in [-0.39, 0.29) is 17.9 Å². The van der Waals surface area contributed by atoms with Crippen molar-refractivity contribution >= 4 is 11.6 Å². The van der Waals surface area contributed by atoms with Crippen LogP contribution in [0.1, 0.15) is 30.0 Å². The van der Waals surface area contributed by atoms with Gasteiger partial charge in [-0.3, -0.25) is 4.79 Å². The summed E-state index contributed by atoms with van der Waals surface area (Å²) < 4.78 is 5.56. The highest BCUT2D eigenvalue weighted by Crippen LogP contribution is 2.33. The molecule has 1 aliphatic heterocycles. The molecule has 1 aliphatic rings. The van der Waals surface area contributed by atoms with Crippen LogP contribution in [0.3, 0.4) is 0 Å². The third-order valence-electron chi connectivity index (χ3n) is 3.81. The number of anilines is 1. The summed E-state index contributed by atoms with van der Waals surface area (Å²) in [4.78, 5) is 12.4. The summed E-state index contributed by atoms with van der Waals surface area (Å²) in [5, 5.41) is 3.04. The van der Waals surface area contributed by atoms with E-state index in [0.717, 1.165) is 22.6 Å². The molecule has 2 aromatic rings. The first-order valence-electron chi connectivity index (χ1n) is 7.02. The minimum atomic E-state index is -0.238. The molecule has 0 aliphatic carbocycles. The van der Waals surface area contributed by atoms with Gasteiger partial charge in [-0.1, -0.05) is 30.3 Å². The Hall–Kier alpha value is -2.49. The van der Waals surface area contributed by atoms with Gasteiger partial charge in [-0.15, -0.1) is 0 Å². The molecule has 0 saturated carbocycles. The summed E-state index contributed by atoms with van der Waals surface area (Å²) in [5.41, 5.74) is 8.38. The second kappa shape index (κ2) is 5.48. The van der Waals surface area contributed by atoms with Gasteiger partial charge in [-0.2, -0.15) is 0 Å². The first-order valence-corrected chi connectivity index (χ1v) is 7.02. The molecular formula is C17H18N2O2. The first kappa shape index (κ1) is 13.5. The minimum Gasteiger partial charge on any atom is -0.492 e. The van der Waals surface area contributed by atoms with Crippen LogP contribution in [0.4, 0.5) is 5.69 Å². The molecule has 0 fully saturated rings. The lowest BCUT2D eigenvalue weighted by Crippen LogP contribution is -2.32. The van der Waals surface area contributed by atoms with Gasteiger partial charge in [-0.25, -0.2) is 0 Å². The highest BCUT2D eigenvalue weighted by molar-refractivity contribution is 5.85. The van der Waals surface area contributed by atoms with E-state index in [4.69, 9.17) is 10.5 Å². The van der Waals surface area contributed by atoms with Crippen molar-refractivity contribution in [3.05, 3.63) is 59.7 Å². The number of ether oxygens (including phenoxy) is 1. The van der Waals surface area contributed by atoms with E-state index in [1.54, 1.807) is 0 Å². The van der Waals surface area contributed by atoms with Crippen LogP contribution in [-0.2, 0) is 4.79 Å². The molecule has 4 heteroatoms. The first-order chi connectivity index (χ1) is 10.1. The van der Waals surface area contributed by atoms with Gasteiger partial charge in [0, 0.05) is 11.3 Å². The molecule has 108 valence electrons. The second-order valence-corrected chi connectivity index (χ2v) is 5.30. The molecule has 0 radical (unpaired) electrons. The van der Waals surface area contributed by atoms with Crippen molar-refractivity contribution < 1.29 is 9.53 Å². The Bertz CT molecular complexity index is 652. The van der Waals surface area contributed by atoms with Crippen LogP contribution in [0.15, 0.2) is 48.5 Å². The lowest BCUT2D eigenvalue weighted by molar-refractivity contribution is -0.123. The van der Waals surface area contributed by atoms with Crippen LogP contribution in [0.5, 0.6) is 5.75 Å². The van der Waals surface area contributed by atoms with Crippen molar-refractivity contribution in [3.63, 3.8) is 0 Å². The van der Waals surface area contributed by atoms with Gasteiger partial charge >= 0.3 is 0 Å². The van der Waals surface area contributed by atoms with Crippen molar-refractivity contribution in [1.82, 2.24) is 5.32 Å². The average molecular weight is 282 g/mol. The molecular weight excluding hydrogens is 264 g/mol. The minimum absolute atomic E-state index is 0.00993. The third-order valence-corrected chi connectivity index (χ3v) is 3.81. The smallest absolute Gasteiger partial charge is 0.231 e. The third kappa shape index (κ3) is 2.70. The number of para-hydroxylation sites is 1. The Morgan fingerprint density at radius 2 is 1.95 bits per heavy atom. The van der Waals surface area contributed by atoms with E-state index >= 15 is 0 Å². The van der Waals surface area contributed by atoms with Crippen LogP contribution >= 0.6 is 0 Å². The molecule has 2 aromatic carbocycles. The Kier molecular flexibility index (Phi) is 3.52. The van der Waals surface area contributed by atoms with Crippen LogP contribution in [0, 0.1) is 0 Å². The highest BCUT2D eigenvalue weighted by Gasteiger charge is 2.30. The fourth-order valence-corrected chi connectivity index (χ4v) is 2.56. The number of hydrogen-bond donors (Lipinski definition) is 2. The molecule has 1 amide bonds. The van der Waals surface area contributed by atoms with Crippen LogP contribution in [0.2, 0.25) is 0 Å². The van der Waals surface area contributed by atoms with E-state index in [0.29, 0.717) is 6.61 Å². The van der Waals surface area contributed by atoms with Crippen molar-refractivity contribution in [1.29, 1.82) is 0 Å². The van der Waals surface area contributed by atoms with Gasteiger partial charge < -0.3 is 15.8 Å². The standard InChI is InChI=1S/C17H18N2O2/c1-11(12-6-8-13(18)9-7-12)19-17(20)15-10-21-16-5-3-2-4-14(15)16/h2-9,11,15H,10,18H2,1H3,(H,19,20). The van der Waals surface area contributed by atoms with Crippen LogP contribution in [0.25, 0.3) is 0 Å². The van der Waals surface area contributed by atoms with Crippen LogP contribution in [-0.4, -0.2) is 12.5 Å². The zero-order valence-electron chi connectivity index (χ0n) is 11.9. The number of carbonyl (C=O) groups excluding carboxylic acids is 1. The zero-order chi connectivity index (χ0) is 14.8. The summed E-state index contributed by atoms with van der Waals surface area (Å²) in [6.45, 7) is 2.37.